The van der Waals surface area contributed by atoms with Crippen molar-refractivity contribution < 1.29 is 14.9 Å². The number of aliphatic hydroxyl groups is 2. The van der Waals surface area contributed by atoms with Crippen molar-refractivity contribution in [3.63, 3.8) is 0 Å². The Morgan fingerprint density at radius 1 is 1.11 bits per heavy atom. The third-order valence-corrected chi connectivity index (χ3v) is 4.79. The summed E-state index contributed by atoms with van der Waals surface area (Å²) in [5, 5.41) is 20.7. The SMILES string of the molecule is CCOC1CCC(C(O)C2CCCCC2)C(O)C1. The predicted octanol–water partition coefficient (Wildman–Crippen LogP) is 2.49. The van der Waals surface area contributed by atoms with Crippen molar-refractivity contribution >= 4 is 0 Å². The molecule has 3 heteroatoms. The van der Waals surface area contributed by atoms with Crippen LogP contribution in [0.15, 0.2) is 0 Å². The first kappa shape index (κ1) is 14.3. The molecule has 4 atom stereocenters. The van der Waals surface area contributed by atoms with Crippen LogP contribution >= 0.6 is 0 Å². The minimum atomic E-state index is -0.382. The summed E-state index contributed by atoms with van der Waals surface area (Å²) in [6.07, 6.45) is 8.17. The molecule has 2 fully saturated rings. The van der Waals surface area contributed by atoms with Crippen molar-refractivity contribution in [2.75, 3.05) is 6.61 Å². The maximum atomic E-state index is 10.5. The van der Waals surface area contributed by atoms with Crippen molar-refractivity contribution in [1.29, 1.82) is 0 Å². The van der Waals surface area contributed by atoms with Gasteiger partial charge in [0.2, 0.25) is 0 Å². The van der Waals surface area contributed by atoms with Crippen LogP contribution in [-0.4, -0.2) is 35.1 Å². The lowest BCUT2D eigenvalue weighted by molar-refractivity contribution is -0.0860. The third-order valence-electron chi connectivity index (χ3n) is 4.79. The number of rotatable bonds is 4. The molecule has 18 heavy (non-hydrogen) atoms. The Labute approximate surface area is 111 Å². The molecule has 0 saturated heterocycles. The smallest absolute Gasteiger partial charge is 0.0621 e. The van der Waals surface area contributed by atoms with E-state index in [4.69, 9.17) is 4.74 Å². The fraction of sp³-hybridized carbons (Fsp3) is 1.00. The lowest BCUT2D eigenvalue weighted by Crippen LogP contribution is -2.43. The van der Waals surface area contributed by atoms with E-state index in [-0.39, 0.29) is 24.2 Å². The molecule has 2 aliphatic rings. The fourth-order valence-corrected chi connectivity index (χ4v) is 3.74. The van der Waals surface area contributed by atoms with E-state index < -0.39 is 0 Å². The predicted molar refractivity (Wildman–Crippen MR) is 71.3 cm³/mol. The maximum absolute atomic E-state index is 10.5. The molecule has 0 spiro atoms. The Bertz CT molecular complexity index is 238. The molecule has 3 nitrogen and oxygen atoms in total. The van der Waals surface area contributed by atoms with Crippen molar-refractivity contribution in [3.8, 4) is 0 Å². The van der Waals surface area contributed by atoms with Gasteiger partial charge in [-0.3, -0.25) is 0 Å². The maximum Gasteiger partial charge on any atom is 0.0621 e. The molecule has 0 heterocycles. The normalized spacial score (nSPS) is 36.5. The summed E-state index contributed by atoms with van der Waals surface area (Å²) in [7, 11) is 0. The van der Waals surface area contributed by atoms with Gasteiger partial charge in [-0.05, 0) is 44.9 Å². The number of hydrogen-bond donors (Lipinski definition) is 2. The average molecular weight is 256 g/mol. The minimum absolute atomic E-state index is 0.0739. The Hall–Kier alpha value is -0.120. The van der Waals surface area contributed by atoms with Crippen LogP contribution in [0.2, 0.25) is 0 Å². The van der Waals surface area contributed by atoms with Crippen LogP contribution in [0.4, 0.5) is 0 Å². The molecule has 2 N–H and O–H groups in total. The molecule has 2 saturated carbocycles. The summed E-state index contributed by atoms with van der Waals surface area (Å²) in [5.74, 6) is 0.492. The standard InChI is InChI=1S/C15H28O3/c1-2-18-12-8-9-13(14(16)10-12)15(17)11-6-4-3-5-7-11/h11-17H,2-10H2,1H3. The molecule has 0 aliphatic heterocycles. The molecule has 106 valence electrons. The van der Waals surface area contributed by atoms with Crippen LogP contribution < -0.4 is 0 Å². The monoisotopic (exact) mass is 256 g/mol. The summed E-state index contributed by atoms with van der Waals surface area (Å²) in [4.78, 5) is 0. The molecule has 0 bridgehead atoms. The second-order valence-corrected chi connectivity index (χ2v) is 6.01. The van der Waals surface area contributed by atoms with E-state index in [1.807, 2.05) is 6.92 Å². The van der Waals surface area contributed by atoms with E-state index in [0.717, 1.165) is 25.7 Å². The number of hydrogen-bond acceptors (Lipinski definition) is 3. The topological polar surface area (TPSA) is 49.7 Å². The first-order chi connectivity index (χ1) is 8.72. The average Bonchev–Trinajstić information content (AvgIpc) is 2.40. The number of aliphatic hydroxyl groups excluding tert-OH is 2. The van der Waals surface area contributed by atoms with Crippen LogP contribution in [0, 0.1) is 11.8 Å². The van der Waals surface area contributed by atoms with Crippen molar-refractivity contribution in [3.05, 3.63) is 0 Å². The van der Waals surface area contributed by atoms with E-state index in [1.165, 1.54) is 19.3 Å². The number of ether oxygens (including phenoxy) is 1. The Morgan fingerprint density at radius 2 is 1.83 bits per heavy atom. The lowest BCUT2D eigenvalue weighted by atomic mass is 9.73. The molecule has 0 aromatic rings. The summed E-state index contributed by atoms with van der Waals surface area (Å²) in [6.45, 7) is 2.71. The second kappa shape index (κ2) is 6.88. The summed E-state index contributed by atoms with van der Waals surface area (Å²) in [6, 6.07) is 0. The zero-order chi connectivity index (χ0) is 13.0. The van der Waals surface area contributed by atoms with Crippen LogP contribution in [0.1, 0.15) is 58.3 Å². The Balaban J connectivity index is 1.85. The highest BCUT2D eigenvalue weighted by atomic mass is 16.5. The van der Waals surface area contributed by atoms with Crippen molar-refractivity contribution in [1.82, 2.24) is 0 Å². The van der Waals surface area contributed by atoms with E-state index >= 15 is 0 Å². The van der Waals surface area contributed by atoms with Gasteiger partial charge in [-0.1, -0.05) is 19.3 Å². The van der Waals surface area contributed by atoms with Gasteiger partial charge in [0.05, 0.1) is 18.3 Å². The highest BCUT2D eigenvalue weighted by Gasteiger charge is 2.37. The Kier molecular flexibility index (Phi) is 5.46. The molecule has 0 aromatic carbocycles. The van der Waals surface area contributed by atoms with Gasteiger partial charge in [-0.25, -0.2) is 0 Å². The van der Waals surface area contributed by atoms with Gasteiger partial charge >= 0.3 is 0 Å². The van der Waals surface area contributed by atoms with Gasteiger partial charge in [-0.15, -0.1) is 0 Å². The van der Waals surface area contributed by atoms with E-state index in [1.54, 1.807) is 0 Å². The third kappa shape index (κ3) is 3.46. The van der Waals surface area contributed by atoms with Gasteiger partial charge in [-0.2, -0.15) is 0 Å². The second-order valence-electron chi connectivity index (χ2n) is 6.01. The summed E-state index contributed by atoms with van der Waals surface area (Å²) < 4.78 is 5.59. The largest absolute Gasteiger partial charge is 0.393 e. The minimum Gasteiger partial charge on any atom is -0.393 e. The molecule has 0 radical (unpaired) electrons. The summed E-state index contributed by atoms with van der Waals surface area (Å²) >= 11 is 0. The van der Waals surface area contributed by atoms with Gasteiger partial charge in [0.15, 0.2) is 0 Å². The van der Waals surface area contributed by atoms with Gasteiger partial charge in [0.1, 0.15) is 0 Å². The van der Waals surface area contributed by atoms with Gasteiger partial charge < -0.3 is 14.9 Å². The highest BCUT2D eigenvalue weighted by Crippen LogP contribution is 2.36. The summed E-state index contributed by atoms with van der Waals surface area (Å²) in [5.41, 5.74) is 0. The molecule has 0 amide bonds. The van der Waals surface area contributed by atoms with Crippen LogP contribution in [0.3, 0.4) is 0 Å². The van der Waals surface area contributed by atoms with Crippen LogP contribution in [0.5, 0.6) is 0 Å². The quantitative estimate of drug-likeness (QED) is 0.812. The first-order valence-electron chi connectivity index (χ1n) is 7.70. The molecular formula is C15H28O3. The highest BCUT2D eigenvalue weighted by molar-refractivity contribution is 4.88. The van der Waals surface area contributed by atoms with Crippen molar-refractivity contribution in [2.45, 2.75) is 76.6 Å². The molecular weight excluding hydrogens is 228 g/mol. The van der Waals surface area contributed by atoms with Crippen molar-refractivity contribution in [2.24, 2.45) is 11.8 Å². The van der Waals surface area contributed by atoms with E-state index in [2.05, 4.69) is 0 Å². The van der Waals surface area contributed by atoms with E-state index in [0.29, 0.717) is 18.9 Å². The van der Waals surface area contributed by atoms with Gasteiger partial charge in [0, 0.05) is 12.5 Å². The Morgan fingerprint density at radius 3 is 2.44 bits per heavy atom. The van der Waals surface area contributed by atoms with Crippen LogP contribution in [0.25, 0.3) is 0 Å². The zero-order valence-electron chi connectivity index (χ0n) is 11.6. The zero-order valence-corrected chi connectivity index (χ0v) is 11.6. The molecule has 2 rings (SSSR count). The lowest BCUT2D eigenvalue weighted by Gasteiger charge is -2.39. The molecule has 2 aliphatic carbocycles. The van der Waals surface area contributed by atoms with E-state index in [9.17, 15) is 10.2 Å². The fourth-order valence-electron chi connectivity index (χ4n) is 3.74. The first-order valence-corrected chi connectivity index (χ1v) is 7.70. The van der Waals surface area contributed by atoms with Crippen LogP contribution in [-0.2, 0) is 4.74 Å². The molecule has 4 unspecified atom stereocenters. The molecule has 0 aromatic heterocycles. The van der Waals surface area contributed by atoms with Gasteiger partial charge in [0.25, 0.3) is 0 Å².